The van der Waals surface area contributed by atoms with E-state index in [4.69, 9.17) is 16.0 Å². The Bertz CT molecular complexity index is 1440. The fourth-order valence-corrected chi connectivity index (χ4v) is 4.07. The second-order valence-electron chi connectivity index (χ2n) is 7.16. The highest BCUT2D eigenvalue weighted by Crippen LogP contribution is 2.34. The molecule has 0 saturated heterocycles. The van der Waals surface area contributed by atoms with Gasteiger partial charge in [-0.15, -0.1) is 10.2 Å². The Morgan fingerprint density at radius 2 is 2.03 bits per heavy atom. The first-order chi connectivity index (χ1) is 15.7. The van der Waals surface area contributed by atoms with Crippen molar-refractivity contribution in [3.63, 3.8) is 0 Å². The number of halogens is 1. The smallest absolute Gasteiger partial charge is 0.312 e. The molecule has 12 heteroatoms. The summed E-state index contributed by atoms with van der Waals surface area (Å²) in [6.45, 7) is 0.417. The number of rotatable bonds is 3. The summed E-state index contributed by atoms with van der Waals surface area (Å²) in [5.74, 6) is -0.263. The molecule has 0 spiro atoms. The summed E-state index contributed by atoms with van der Waals surface area (Å²) in [6.07, 6.45) is 5.34. The van der Waals surface area contributed by atoms with E-state index in [9.17, 15) is 4.79 Å². The summed E-state index contributed by atoms with van der Waals surface area (Å²) >= 11 is 6.30. The molecule has 0 aromatic carbocycles. The van der Waals surface area contributed by atoms with Crippen molar-refractivity contribution in [1.29, 1.82) is 0 Å². The van der Waals surface area contributed by atoms with E-state index in [1.165, 1.54) is 0 Å². The van der Waals surface area contributed by atoms with E-state index >= 15 is 0 Å². The zero-order valence-electron chi connectivity index (χ0n) is 16.4. The predicted molar refractivity (Wildman–Crippen MR) is 111 cm³/mol. The highest BCUT2D eigenvalue weighted by Gasteiger charge is 2.38. The minimum Gasteiger partial charge on any atom is -0.409 e. The molecule has 0 bridgehead atoms. The van der Waals surface area contributed by atoms with E-state index in [1.807, 2.05) is 18.2 Å². The van der Waals surface area contributed by atoms with Crippen molar-refractivity contribution in [1.82, 2.24) is 44.6 Å². The molecule has 11 nitrogen and oxygen atoms in total. The average molecular weight is 448 g/mol. The first-order valence-electron chi connectivity index (χ1n) is 9.77. The van der Waals surface area contributed by atoms with Gasteiger partial charge < -0.3 is 14.3 Å². The van der Waals surface area contributed by atoms with E-state index in [0.29, 0.717) is 23.8 Å². The van der Waals surface area contributed by atoms with Crippen LogP contribution < -0.4 is 0 Å². The number of amides is 1. The SMILES string of the molecule is O=C(c1nnc(-c2ncccn2)o1)N1CCc2[nH]cnc2C1c1cc2cccc(Cl)n2n1. The molecule has 6 heterocycles. The number of pyridine rings is 1. The number of hydrogen-bond donors (Lipinski definition) is 1. The Kier molecular flexibility index (Phi) is 4.21. The number of nitrogens with zero attached hydrogens (tertiary/aromatic N) is 8. The third-order valence-electron chi connectivity index (χ3n) is 5.29. The Balaban J connectivity index is 1.41. The van der Waals surface area contributed by atoms with Gasteiger partial charge >= 0.3 is 11.8 Å². The molecular weight excluding hydrogens is 434 g/mol. The van der Waals surface area contributed by atoms with Crippen LogP contribution in [0.3, 0.4) is 0 Å². The van der Waals surface area contributed by atoms with Crippen LogP contribution in [-0.4, -0.2) is 57.1 Å². The van der Waals surface area contributed by atoms with Crippen LogP contribution in [0.1, 0.15) is 33.8 Å². The van der Waals surface area contributed by atoms with Gasteiger partial charge in [0.15, 0.2) is 0 Å². The van der Waals surface area contributed by atoms with Gasteiger partial charge in [0.1, 0.15) is 11.2 Å². The summed E-state index contributed by atoms with van der Waals surface area (Å²) in [7, 11) is 0. The van der Waals surface area contributed by atoms with E-state index in [-0.39, 0.29) is 17.6 Å². The van der Waals surface area contributed by atoms with Crippen molar-refractivity contribution in [3.05, 3.63) is 77.2 Å². The molecule has 0 radical (unpaired) electrons. The lowest BCUT2D eigenvalue weighted by Crippen LogP contribution is -2.41. The van der Waals surface area contributed by atoms with Crippen LogP contribution in [0.15, 0.2) is 53.5 Å². The van der Waals surface area contributed by atoms with Gasteiger partial charge in [0, 0.05) is 31.1 Å². The molecule has 1 unspecified atom stereocenters. The van der Waals surface area contributed by atoms with Gasteiger partial charge in [0.05, 0.1) is 23.2 Å². The molecule has 1 amide bonds. The molecule has 32 heavy (non-hydrogen) atoms. The maximum atomic E-state index is 13.4. The highest BCUT2D eigenvalue weighted by atomic mass is 35.5. The lowest BCUT2D eigenvalue weighted by atomic mass is 9.99. The number of carbonyl (C=O) groups excluding carboxylic acids is 1. The minimum atomic E-state index is -0.545. The Morgan fingerprint density at radius 1 is 1.16 bits per heavy atom. The monoisotopic (exact) mass is 447 g/mol. The summed E-state index contributed by atoms with van der Waals surface area (Å²) in [4.78, 5) is 30.8. The molecule has 158 valence electrons. The molecule has 1 aliphatic rings. The van der Waals surface area contributed by atoms with Crippen molar-refractivity contribution in [2.45, 2.75) is 12.5 Å². The first kappa shape index (κ1) is 18.6. The fraction of sp³-hybridized carbons (Fsp3) is 0.150. The molecule has 0 fully saturated rings. The van der Waals surface area contributed by atoms with Crippen LogP contribution in [0.4, 0.5) is 0 Å². The van der Waals surface area contributed by atoms with Gasteiger partial charge in [-0.05, 0) is 24.3 Å². The molecule has 6 rings (SSSR count). The number of aromatic nitrogens is 8. The van der Waals surface area contributed by atoms with Crippen LogP contribution in [0, 0.1) is 0 Å². The molecule has 1 atom stereocenters. The number of carbonyl (C=O) groups is 1. The summed E-state index contributed by atoms with van der Waals surface area (Å²) in [6, 6.07) is 8.51. The second kappa shape index (κ2) is 7.24. The maximum absolute atomic E-state index is 13.4. The number of aromatic amines is 1. The first-order valence-corrected chi connectivity index (χ1v) is 10.1. The largest absolute Gasteiger partial charge is 0.409 e. The van der Waals surface area contributed by atoms with Gasteiger partial charge in [0.2, 0.25) is 5.82 Å². The molecule has 5 aromatic heterocycles. The zero-order valence-corrected chi connectivity index (χ0v) is 17.1. The molecule has 1 N–H and O–H groups in total. The minimum absolute atomic E-state index is 0.0717. The van der Waals surface area contributed by atoms with Crippen molar-refractivity contribution in [3.8, 4) is 11.7 Å². The maximum Gasteiger partial charge on any atom is 0.312 e. The van der Waals surface area contributed by atoms with Crippen molar-refractivity contribution in [2.24, 2.45) is 0 Å². The van der Waals surface area contributed by atoms with Crippen LogP contribution in [-0.2, 0) is 6.42 Å². The Morgan fingerprint density at radius 3 is 2.88 bits per heavy atom. The van der Waals surface area contributed by atoms with E-state index in [0.717, 1.165) is 16.9 Å². The van der Waals surface area contributed by atoms with Crippen LogP contribution in [0.25, 0.3) is 17.2 Å². The molecule has 0 aliphatic carbocycles. The second-order valence-corrected chi connectivity index (χ2v) is 7.54. The van der Waals surface area contributed by atoms with E-state index < -0.39 is 11.9 Å². The lowest BCUT2D eigenvalue weighted by molar-refractivity contribution is 0.0646. The van der Waals surface area contributed by atoms with Crippen LogP contribution >= 0.6 is 11.6 Å². The number of imidazole rings is 1. The van der Waals surface area contributed by atoms with Gasteiger partial charge in [-0.3, -0.25) is 4.79 Å². The molecule has 1 aliphatic heterocycles. The normalized spacial score (nSPS) is 15.8. The fourth-order valence-electron chi connectivity index (χ4n) is 3.86. The summed E-state index contributed by atoms with van der Waals surface area (Å²) in [5, 5.41) is 13.0. The van der Waals surface area contributed by atoms with Gasteiger partial charge in [-0.2, -0.15) is 5.10 Å². The van der Waals surface area contributed by atoms with Crippen molar-refractivity contribution >= 4 is 23.0 Å². The Labute approximate surface area is 185 Å². The van der Waals surface area contributed by atoms with E-state index in [1.54, 1.807) is 40.3 Å². The topological polar surface area (TPSA) is 131 Å². The standard InChI is InChI=1S/C20H14ClN9O2/c21-14-4-1-3-11-9-13(28-30(11)14)16-15-12(24-10-25-15)5-8-29(16)20(31)19-27-26-18(32-19)17-22-6-2-7-23-17/h1-4,6-7,9-10,16H,5,8H2,(H,24,25). The number of nitrogens with one attached hydrogen (secondary N) is 1. The van der Waals surface area contributed by atoms with E-state index in [2.05, 4.69) is 35.2 Å². The molecular formula is C20H14ClN9O2. The lowest BCUT2D eigenvalue weighted by Gasteiger charge is -2.32. The quantitative estimate of drug-likeness (QED) is 0.417. The number of H-pyrrole nitrogens is 1. The predicted octanol–water partition coefficient (Wildman–Crippen LogP) is 2.34. The third kappa shape index (κ3) is 2.94. The summed E-state index contributed by atoms with van der Waals surface area (Å²) in [5.41, 5.74) is 3.11. The number of hydrogen-bond acceptors (Lipinski definition) is 8. The number of fused-ring (bicyclic) bond motifs is 2. The zero-order chi connectivity index (χ0) is 21.7. The van der Waals surface area contributed by atoms with Crippen molar-refractivity contribution in [2.75, 3.05) is 6.54 Å². The highest BCUT2D eigenvalue weighted by molar-refractivity contribution is 6.29. The van der Waals surface area contributed by atoms with Crippen molar-refractivity contribution < 1.29 is 9.21 Å². The van der Waals surface area contributed by atoms with Crippen LogP contribution in [0.2, 0.25) is 5.15 Å². The van der Waals surface area contributed by atoms with Gasteiger partial charge in [0.25, 0.3) is 5.89 Å². The van der Waals surface area contributed by atoms with Gasteiger partial charge in [-0.25, -0.2) is 19.5 Å². The third-order valence-corrected chi connectivity index (χ3v) is 5.58. The molecule has 0 saturated carbocycles. The van der Waals surface area contributed by atoms with Crippen LogP contribution in [0.5, 0.6) is 0 Å². The summed E-state index contributed by atoms with van der Waals surface area (Å²) < 4.78 is 7.23. The Hall–Kier alpha value is -4.12. The molecule has 5 aromatic rings. The average Bonchev–Trinajstić information content (AvgIpc) is 3.58. The van der Waals surface area contributed by atoms with Gasteiger partial charge in [-0.1, -0.05) is 17.7 Å².